The Morgan fingerprint density at radius 2 is 1.97 bits per heavy atom. The lowest BCUT2D eigenvalue weighted by Crippen LogP contribution is -2.56. The number of likely N-dealkylation sites (tertiary alicyclic amines) is 1. The van der Waals surface area contributed by atoms with Gasteiger partial charge in [0.05, 0.1) is 17.7 Å². The molecule has 0 atom stereocenters. The molecule has 0 unspecified atom stereocenters. The molecule has 0 N–H and O–H groups in total. The lowest BCUT2D eigenvalue weighted by Gasteiger charge is -2.48. The van der Waals surface area contributed by atoms with E-state index in [1.54, 1.807) is 19.3 Å². The molecule has 0 saturated carbocycles. The molecule has 3 aromatic rings. The van der Waals surface area contributed by atoms with Gasteiger partial charge in [0.25, 0.3) is 0 Å². The van der Waals surface area contributed by atoms with E-state index in [2.05, 4.69) is 49.0 Å². The number of hydrogen-bond acceptors (Lipinski definition) is 7. The number of ether oxygens (including phenoxy) is 1. The van der Waals surface area contributed by atoms with E-state index in [0.29, 0.717) is 23.5 Å². The molecule has 0 amide bonds. The molecule has 154 valence electrons. The molecule has 0 aliphatic carbocycles. The van der Waals surface area contributed by atoms with Crippen LogP contribution in [-0.4, -0.2) is 58.6 Å². The van der Waals surface area contributed by atoms with Gasteiger partial charge in [0, 0.05) is 62.1 Å². The molecule has 0 bridgehead atoms. The van der Waals surface area contributed by atoms with Crippen molar-refractivity contribution in [2.45, 2.75) is 19.9 Å². The lowest BCUT2D eigenvalue weighted by atomic mass is 9.79. The lowest BCUT2D eigenvalue weighted by molar-refractivity contribution is 0.0117. The third-order valence-corrected chi connectivity index (χ3v) is 6.06. The molecular weight excluding hydrogens is 378 g/mol. The minimum atomic E-state index is -0.374. The van der Waals surface area contributed by atoms with E-state index in [9.17, 15) is 4.79 Å². The van der Waals surface area contributed by atoms with Crippen LogP contribution in [0.2, 0.25) is 0 Å². The summed E-state index contributed by atoms with van der Waals surface area (Å²) in [4.78, 5) is 29.7. The van der Waals surface area contributed by atoms with E-state index < -0.39 is 0 Å². The summed E-state index contributed by atoms with van der Waals surface area (Å²) in [6.45, 7) is 7.21. The Labute approximate surface area is 175 Å². The molecule has 2 aliphatic heterocycles. The van der Waals surface area contributed by atoms with Gasteiger partial charge in [0.2, 0.25) is 5.95 Å². The minimum Gasteiger partial charge on any atom is -0.462 e. The van der Waals surface area contributed by atoms with Crippen molar-refractivity contribution in [3.63, 3.8) is 0 Å². The largest absolute Gasteiger partial charge is 0.462 e. The van der Waals surface area contributed by atoms with E-state index in [0.717, 1.165) is 44.7 Å². The van der Waals surface area contributed by atoms with Gasteiger partial charge in [-0.1, -0.05) is 12.1 Å². The maximum absolute atomic E-state index is 11.8. The van der Waals surface area contributed by atoms with Crippen LogP contribution < -0.4 is 4.90 Å². The molecule has 2 aromatic heterocycles. The molecule has 30 heavy (non-hydrogen) atoms. The second-order valence-electron chi connectivity index (χ2n) is 8.34. The van der Waals surface area contributed by atoms with Crippen molar-refractivity contribution in [2.75, 3.05) is 37.7 Å². The molecule has 5 rings (SSSR count). The zero-order valence-electron chi connectivity index (χ0n) is 17.1. The van der Waals surface area contributed by atoms with E-state index in [4.69, 9.17) is 4.74 Å². The number of fused-ring (bicyclic) bond motifs is 1. The Bertz CT molecular complexity index is 1060. The highest BCUT2D eigenvalue weighted by molar-refractivity contribution is 5.88. The highest BCUT2D eigenvalue weighted by Gasteiger charge is 2.47. The molecule has 7 nitrogen and oxygen atoms in total. The second kappa shape index (κ2) is 7.65. The summed E-state index contributed by atoms with van der Waals surface area (Å²) < 4.78 is 5.00. The standard InChI is InChI=1S/C23H25N5O2/c1-2-30-21(29)19-11-25-22(26-12-19)28-9-7-23(16-28)14-27(15-23)13-17-5-6-20-18(10-17)4-3-8-24-20/h3-6,8,10-12H,2,7,9,13-16H2,1H3. The number of esters is 1. The van der Waals surface area contributed by atoms with Crippen LogP contribution in [0.4, 0.5) is 5.95 Å². The van der Waals surface area contributed by atoms with Gasteiger partial charge >= 0.3 is 5.97 Å². The monoisotopic (exact) mass is 403 g/mol. The van der Waals surface area contributed by atoms with E-state index in [1.165, 1.54) is 10.9 Å². The fourth-order valence-corrected chi connectivity index (χ4v) is 4.66. The second-order valence-corrected chi connectivity index (χ2v) is 8.34. The first kappa shape index (κ1) is 18.9. The zero-order valence-corrected chi connectivity index (χ0v) is 17.1. The Morgan fingerprint density at radius 1 is 1.13 bits per heavy atom. The topological polar surface area (TPSA) is 71.5 Å². The molecule has 1 aromatic carbocycles. The number of hydrogen-bond donors (Lipinski definition) is 0. The van der Waals surface area contributed by atoms with Crippen LogP contribution in [0.1, 0.15) is 29.3 Å². The van der Waals surface area contributed by atoms with Crippen molar-refractivity contribution < 1.29 is 9.53 Å². The fourth-order valence-electron chi connectivity index (χ4n) is 4.66. The van der Waals surface area contributed by atoms with Crippen molar-refractivity contribution >= 4 is 22.8 Å². The number of nitrogens with zero attached hydrogens (tertiary/aromatic N) is 5. The third-order valence-electron chi connectivity index (χ3n) is 6.06. The molecule has 0 radical (unpaired) electrons. The number of carbonyl (C=O) groups excluding carboxylic acids is 1. The van der Waals surface area contributed by atoms with Gasteiger partial charge < -0.3 is 9.64 Å². The van der Waals surface area contributed by atoms with Gasteiger partial charge in [-0.2, -0.15) is 0 Å². The first-order chi connectivity index (χ1) is 14.6. The van der Waals surface area contributed by atoms with Crippen LogP contribution in [0.25, 0.3) is 10.9 Å². The predicted molar refractivity (Wildman–Crippen MR) is 114 cm³/mol. The summed E-state index contributed by atoms with van der Waals surface area (Å²) >= 11 is 0. The van der Waals surface area contributed by atoms with Crippen LogP contribution in [0.15, 0.2) is 48.9 Å². The average molecular weight is 403 g/mol. The van der Waals surface area contributed by atoms with Crippen LogP contribution in [0.5, 0.6) is 0 Å². The van der Waals surface area contributed by atoms with Crippen molar-refractivity contribution in [2.24, 2.45) is 5.41 Å². The summed E-state index contributed by atoms with van der Waals surface area (Å²) in [5, 5.41) is 1.20. The molecule has 7 heteroatoms. The SMILES string of the molecule is CCOC(=O)c1cnc(N2CCC3(CN(Cc4ccc5ncccc5c4)C3)C2)nc1. The van der Waals surface area contributed by atoms with Crippen LogP contribution in [0, 0.1) is 5.41 Å². The molecule has 2 saturated heterocycles. The molecule has 4 heterocycles. The highest BCUT2D eigenvalue weighted by Crippen LogP contribution is 2.41. The number of aromatic nitrogens is 3. The Morgan fingerprint density at radius 3 is 2.77 bits per heavy atom. The predicted octanol–water partition coefficient (Wildman–Crippen LogP) is 2.91. The summed E-state index contributed by atoms with van der Waals surface area (Å²) in [5.74, 6) is 0.321. The van der Waals surface area contributed by atoms with Gasteiger partial charge in [0.1, 0.15) is 0 Å². The molecule has 2 fully saturated rings. The number of pyridine rings is 1. The number of anilines is 1. The van der Waals surface area contributed by atoms with Crippen LogP contribution in [-0.2, 0) is 11.3 Å². The normalized spacial score (nSPS) is 18.0. The summed E-state index contributed by atoms with van der Waals surface area (Å²) in [5.41, 5.74) is 3.09. The third kappa shape index (κ3) is 3.61. The Kier molecular flexibility index (Phi) is 4.83. The maximum atomic E-state index is 11.8. The number of carbonyl (C=O) groups is 1. The van der Waals surface area contributed by atoms with Crippen molar-refractivity contribution in [1.82, 2.24) is 19.9 Å². The first-order valence-electron chi connectivity index (χ1n) is 10.4. The van der Waals surface area contributed by atoms with Crippen molar-refractivity contribution in [3.05, 3.63) is 60.0 Å². The van der Waals surface area contributed by atoms with E-state index >= 15 is 0 Å². The molecule has 2 aliphatic rings. The quantitative estimate of drug-likeness (QED) is 0.607. The van der Waals surface area contributed by atoms with Gasteiger partial charge in [-0.25, -0.2) is 14.8 Å². The van der Waals surface area contributed by atoms with Gasteiger partial charge in [-0.05, 0) is 37.1 Å². The highest BCUT2D eigenvalue weighted by atomic mass is 16.5. The summed E-state index contributed by atoms with van der Waals surface area (Å²) in [6.07, 6.45) is 6.11. The fraction of sp³-hybridized carbons (Fsp3) is 0.391. The summed E-state index contributed by atoms with van der Waals surface area (Å²) in [7, 11) is 0. The van der Waals surface area contributed by atoms with Crippen molar-refractivity contribution in [3.8, 4) is 0 Å². The van der Waals surface area contributed by atoms with Crippen LogP contribution in [0.3, 0.4) is 0 Å². The van der Waals surface area contributed by atoms with Crippen molar-refractivity contribution in [1.29, 1.82) is 0 Å². The Hall–Kier alpha value is -3.06. The van der Waals surface area contributed by atoms with E-state index in [-0.39, 0.29) is 5.97 Å². The molecular formula is C23H25N5O2. The minimum absolute atomic E-state index is 0.321. The van der Waals surface area contributed by atoms with E-state index in [1.807, 2.05) is 12.3 Å². The number of rotatable bonds is 5. The Balaban J connectivity index is 1.18. The smallest absolute Gasteiger partial charge is 0.341 e. The molecule has 1 spiro atoms. The van der Waals surface area contributed by atoms with Gasteiger partial charge in [-0.15, -0.1) is 0 Å². The number of benzene rings is 1. The van der Waals surface area contributed by atoms with Crippen LogP contribution >= 0.6 is 0 Å². The van der Waals surface area contributed by atoms with Gasteiger partial charge in [0.15, 0.2) is 0 Å². The van der Waals surface area contributed by atoms with Gasteiger partial charge in [-0.3, -0.25) is 9.88 Å². The zero-order chi connectivity index (χ0) is 20.6. The summed E-state index contributed by atoms with van der Waals surface area (Å²) in [6, 6.07) is 10.6. The first-order valence-corrected chi connectivity index (χ1v) is 10.4. The maximum Gasteiger partial charge on any atom is 0.341 e. The average Bonchev–Trinajstić information content (AvgIpc) is 3.19.